The lowest BCUT2D eigenvalue weighted by molar-refractivity contribution is 0.215. The normalized spacial score (nSPS) is 17.9. The number of carbonyl (C=O) groups is 1. The molecule has 0 aliphatic carbocycles. The third kappa shape index (κ3) is 4.50. The van der Waals surface area contributed by atoms with Gasteiger partial charge >= 0.3 is 6.03 Å². The van der Waals surface area contributed by atoms with Crippen molar-refractivity contribution in [1.82, 2.24) is 4.90 Å². The van der Waals surface area contributed by atoms with Gasteiger partial charge in [0.15, 0.2) is 0 Å². The van der Waals surface area contributed by atoms with E-state index in [-0.39, 0.29) is 6.03 Å². The molecule has 3 nitrogen and oxygen atoms in total. The van der Waals surface area contributed by atoms with Crippen molar-refractivity contribution in [2.75, 3.05) is 24.2 Å². The van der Waals surface area contributed by atoms with Gasteiger partial charge in [0.2, 0.25) is 0 Å². The minimum atomic E-state index is -0.0244. The highest BCUT2D eigenvalue weighted by molar-refractivity contribution is 7.99. The average Bonchev–Trinajstić information content (AvgIpc) is 2.85. The third-order valence-electron chi connectivity index (χ3n) is 4.64. The van der Waals surface area contributed by atoms with Crippen LogP contribution < -0.4 is 5.32 Å². The van der Waals surface area contributed by atoms with Crippen LogP contribution in [0, 0.1) is 13.8 Å². The predicted octanol–water partition coefficient (Wildman–Crippen LogP) is 5.67. The lowest BCUT2D eigenvalue weighted by atomic mass is 10.1. The number of carbonyl (C=O) groups excluding carboxylic acids is 1. The van der Waals surface area contributed by atoms with Crippen LogP contribution >= 0.6 is 23.4 Å². The minimum absolute atomic E-state index is 0.0244. The molecular weight excluding hydrogens is 352 g/mol. The van der Waals surface area contributed by atoms with Crippen LogP contribution in [0.3, 0.4) is 0 Å². The Balaban J connectivity index is 1.63. The van der Waals surface area contributed by atoms with Gasteiger partial charge in [0.25, 0.3) is 0 Å². The zero-order chi connectivity index (χ0) is 17.8. The number of rotatable bonds is 2. The molecule has 5 heteroatoms. The molecule has 0 spiro atoms. The molecule has 1 N–H and O–H groups in total. The van der Waals surface area contributed by atoms with E-state index in [4.69, 9.17) is 11.6 Å². The molecule has 1 fully saturated rings. The fourth-order valence-corrected chi connectivity index (χ4v) is 4.58. The zero-order valence-electron chi connectivity index (χ0n) is 14.6. The summed E-state index contributed by atoms with van der Waals surface area (Å²) in [5, 5.41) is 4.18. The van der Waals surface area contributed by atoms with Crippen LogP contribution in [0.4, 0.5) is 10.5 Å². The Labute approximate surface area is 158 Å². The summed E-state index contributed by atoms with van der Waals surface area (Å²) in [4.78, 5) is 14.5. The maximum absolute atomic E-state index is 12.6. The number of hydrogen-bond acceptors (Lipinski definition) is 2. The van der Waals surface area contributed by atoms with Gasteiger partial charge in [-0.15, -0.1) is 0 Å². The van der Waals surface area contributed by atoms with Gasteiger partial charge in [0.1, 0.15) is 0 Å². The van der Waals surface area contributed by atoms with E-state index >= 15 is 0 Å². The van der Waals surface area contributed by atoms with Crippen molar-refractivity contribution in [1.29, 1.82) is 0 Å². The Morgan fingerprint density at radius 3 is 2.72 bits per heavy atom. The number of amides is 2. The molecule has 1 unspecified atom stereocenters. The minimum Gasteiger partial charge on any atom is -0.324 e. The van der Waals surface area contributed by atoms with Crippen molar-refractivity contribution in [3.63, 3.8) is 0 Å². The smallest absolute Gasteiger partial charge is 0.321 e. The molecule has 0 radical (unpaired) electrons. The quantitative estimate of drug-likeness (QED) is 0.734. The van der Waals surface area contributed by atoms with Crippen molar-refractivity contribution in [2.45, 2.75) is 25.5 Å². The summed E-state index contributed by atoms with van der Waals surface area (Å²) in [6.45, 7) is 5.62. The Morgan fingerprint density at radius 1 is 1.16 bits per heavy atom. The van der Waals surface area contributed by atoms with Crippen molar-refractivity contribution >= 4 is 35.1 Å². The molecule has 2 aromatic rings. The van der Waals surface area contributed by atoms with Gasteiger partial charge in [0, 0.05) is 34.8 Å². The van der Waals surface area contributed by atoms with Crippen molar-refractivity contribution < 1.29 is 4.79 Å². The Kier molecular flexibility index (Phi) is 5.92. The van der Waals surface area contributed by atoms with Crippen LogP contribution in [0.15, 0.2) is 42.5 Å². The van der Waals surface area contributed by atoms with Crippen LogP contribution in [0.1, 0.15) is 28.4 Å². The van der Waals surface area contributed by atoms with E-state index in [2.05, 4.69) is 25.2 Å². The molecule has 1 saturated heterocycles. The molecule has 0 bridgehead atoms. The molecule has 1 heterocycles. The van der Waals surface area contributed by atoms with Gasteiger partial charge in [0.05, 0.1) is 0 Å². The summed E-state index contributed by atoms with van der Waals surface area (Å²) >= 11 is 8.22. The van der Waals surface area contributed by atoms with Crippen LogP contribution in [-0.4, -0.2) is 29.8 Å². The SMILES string of the molecule is Cc1ccc(NC(=O)N2CCSC(c3ccccc3Cl)CC2)cc1C. The first-order valence-electron chi connectivity index (χ1n) is 8.54. The second-order valence-electron chi connectivity index (χ2n) is 6.39. The molecule has 2 aromatic carbocycles. The number of hydrogen-bond donors (Lipinski definition) is 1. The topological polar surface area (TPSA) is 32.3 Å². The van der Waals surface area contributed by atoms with E-state index in [9.17, 15) is 4.79 Å². The second kappa shape index (κ2) is 8.15. The van der Waals surface area contributed by atoms with E-state index in [1.807, 2.05) is 53.1 Å². The number of nitrogens with zero attached hydrogens (tertiary/aromatic N) is 1. The Bertz CT molecular complexity index is 765. The number of halogens is 1. The van der Waals surface area contributed by atoms with Gasteiger partial charge in [-0.25, -0.2) is 4.79 Å². The van der Waals surface area contributed by atoms with Gasteiger partial charge in [-0.1, -0.05) is 35.9 Å². The molecule has 0 saturated carbocycles. The lowest BCUT2D eigenvalue weighted by Gasteiger charge is -2.21. The zero-order valence-corrected chi connectivity index (χ0v) is 16.2. The van der Waals surface area contributed by atoms with Crippen molar-refractivity contribution in [2.24, 2.45) is 0 Å². The van der Waals surface area contributed by atoms with E-state index < -0.39 is 0 Å². The van der Waals surface area contributed by atoms with Crippen LogP contribution in [-0.2, 0) is 0 Å². The molecule has 3 rings (SSSR count). The fraction of sp³-hybridized carbons (Fsp3) is 0.350. The standard InChI is InChI=1S/C20H23ClN2OS/c1-14-7-8-16(13-15(14)2)22-20(24)23-10-9-19(25-12-11-23)17-5-3-4-6-18(17)21/h3-8,13,19H,9-12H2,1-2H3,(H,22,24). The molecule has 1 atom stereocenters. The fourth-order valence-electron chi connectivity index (χ4n) is 2.98. The maximum atomic E-state index is 12.6. The summed E-state index contributed by atoms with van der Waals surface area (Å²) in [5.74, 6) is 0.913. The summed E-state index contributed by atoms with van der Waals surface area (Å²) in [6.07, 6.45) is 0.911. The van der Waals surface area contributed by atoms with Gasteiger partial charge in [-0.05, 0) is 55.2 Å². The van der Waals surface area contributed by atoms with E-state index in [1.54, 1.807) is 0 Å². The largest absolute Gasteiger partial charge is 0.324 e. The van der Waals surface area contributed by atoms with Gasteiger partial charge < -0.3 is 10.2 Å². The second-order valence-corrected chi connectivity index (χ2v) is 8.10. The van der Waals surface area contributed by atoms with Gasteiger partial charge in [-0.2, -0.15) is 11.8 Å². The highest BCUT2D eigenvalue weighted by atomic mass is 35.5. The first kappa shape index (κ1) is 18.2. The predicted molar refractivity (Wildman–Crippen MR) is 108 cm³/mol. The number of nitrogens with one attached hydrogen (secondary N) is 1. The maximum Gasteiger partial charge on any atom is 0.321 e. The van der Waals surface area contributed by atoms with E-state index in [1.165, 1.54) is 16.7 Å². The summed E-state index contributed by atoms with van der Waals surface area (Å²) in [5.41, 5.74) is 4.44. The van der Waals surface area contributed by atoms with Crippen LogP contribution in [0.2, 0.25) is 5.02 Å². The molecule has 25 heavy (non-hydrogen) atoms. The first-order valence-corrected chi connectivity index (χ1v) is 9.96. The summed E-state index contributed by atoms with van der Waals surface area (Å²) < 4.78 is 0. The number of anilines is 1. The summed E-state index contributed by atoms with van der Waals surface area (Å²) in [6, 6.07) is 14.0. The molecule has 1 aliphatic heterocycles. The first-order chi connectivity index (χ1) is 12.0. The Hall–Kier alpha value is -1.65. The molecule has 132 valence electrons. The molecular formula is C20H23ClN2OS. The third-order valence-corrected chi connectivity index (χ3v) is 6.29. The highest BCUT2D eigenvalue weighted by Gasteiger charge is 2.23. The number of aryl methyl sites for hydroxylation is 2. The lowest BCUT2D eigenvalue weighted by Crippen LogP contribution is -2.36. The summed E-state index contributed by atoms with van der Waals surface area (Å²) in [7, 11) is 0. The number of benzene rings is 2. The van der Waals surface area contributed by atoms with Crippen LogP contribution in [0.5, 0.6) is 0 Å². The molecule has 1 aliphatic rings. The molecule has 2 amide bonds. The number of urea groups is 1. The van der Waals surface area contributed by atoms with Gasteiger partial charge in [-0.3, -0.25) is 0 Å². The Morgan fingerprint density at radius 2 is 1.96 bits per heavy atom. The highest BCUT2D eigenvalue weighted by Crippen LogP contribution is 2.37. The van der Waals surface area contributed by atoms with E-state index in [0.717, 1.165) is 36.0 Å². The molecule has 0 aromatic heterocycles. The van der Waals surface area contributed by atoms with Crippen molar-refractivity contribution in [3.8, 4) is 0 Å². The average molecular weight is 375 g/mol. The monoisotopic (exact) mass is 374 g/mol. The number of thioether (sulfide) groups is 1. The van der Waals surface area contributed by atoms with E-state index in [0.29, 0.717) is 5.25 Å². The van der Waals surface area contributed by atoms with Crippen molar-refractivity contribution in [3.05, 3.63) is 64.2 Å². The van der Waals surface area contributed by atoms with Crippen LogP contribution in [0.25, 0.3) is 0 Å².